The summed E-state index contributed by atoms with van der Waals surface area (Å²) in [6.07, 6.45) is 0.473. The van der Waals surface area contributed by atoms with Gasteiger partial charge in [-0.25, -0.2) is 9.07 Å². The summed E-state index contributed by atoms with van der Waals surface area (Å²) in [6.45, 7) is 6.43. The highest BCUT2D eigenvalue weighted by molar-refractivity contribution is 6.16. The third-order valence-electron chi connectivity index (χ3n) is 6.58. The first kappa shape index (κ1) is 24.1. The van der Waals surface area contributed by atoms with E-state index in [0.717, 1.165) is 28.1 Å². The largest absolute Gasteiger partial charge is 0.325 e. The Bertz CT molecular complexity index is 1560. The summed E-state index contributed by atoms with van der Waals surface area (Å²) in [6, 6.07) is 22.7. The summed E-state index contributed by atoms with van der Waals surface area (Å²) in [5.41, 5.74) is 5.80. The standard InChI is InChI=1S/C30H25FN4O2/c1-30(2,3)19-10-9-18-15-24-26(34-35(27(24)23(18)16-19)22-7-5-4-6-8-22)28(36)25(17-32)29(37)33-21-13-11-20(31)12-14-21/h4-14,16,25H,15H2,1-3H3,(H,33,37). The van der Waals surface area contributed by atoms with Crippen molar-refractivity contribution in [1.82, 2.24) is 9.78 Å². The molecule has 1 heterocycles. The molecule has 1 aromatic heterocycles. The molecule has 1 aliphatic rings. The van der Waals surface area contributed by atoms with Crippen LogP contribution in [-0.2, 0) is 16.6 Å². The highest BCUT2D eigenvalue weighted by atomic mass is 19.1. The van der Waals surface area contributed by atoms with Gasteiger partial charge < -0.3 is 5.32 Å². The zero-order valence-electron chi connectivity index (χ0n) is 20.7. The SMILES string of the molecule is CC(C)(C)c1ccc2c(c1)-c1c(c(C(=O)C(C#N)C(=O)Nc3ccc(F)cc3)nn1-c1ccccc1)C2. The van der Waals surface area contributed by atoms with Crippen LogP contribution < -0.4 is 5.32 Å². The summed E-state index contributed by atoms with van der Waals surface area (Å²) in [5, 5.41) is 17.0. The van der Waals surface area contributed by atoms with E-state index in [0.29, 0.717) is 17.7 Å². The van der Waals surface area contributed by atoms with Gasteiger partial charge in [-0.05, 0) is 59.0 Å². The van der Waals surface area contributed by atoms with Crippen LogP contribution in [0.25, 0.3) is 16.9 Å². The lowest BCUT2D eigenvalue weighted by molar-refractivity contribution is -0.117. The van der Waals surface area contributed by atoms with Crippen LogP contribution in [-0.4, -0.2) is 21.5 Å². The number of nitrogens with zero attached hydrogens (tertiary/aromatic N) is 3. The molecule has 0 bridgehead atoms. The van der Waals surface area contributed by atoms with Crippen molar-refractivity contribution < 1.29 is 14.0 Å². The second-order valence-corrected chi connectivity index (χ2v) is 10.1. The lowest BCUT2D eigenvalue weighted by Gasteiger charge is -2.20. The molecule has 0 radical (unpaired) electrons. The van der Waals surface area contributed by atoms with E-state index in [1.54, 1.807) is 4.68 Å². The number of halogens is 1. The Morgan fingerprint density at radius 3 is 2.41 bits per heavy atom. The number of nitrogens with one attached hydrogen (secondary N) is 1. The quantitative estimate of drug-likeness (QED) is 0.247. The molecule has 1 amide bonds. The number of benzene rings is 3. The van der Waals surface area contributed by atoms with E-state index < -0.39 is 23.4 Å². The molecule has 0 fully saturated rings. The number of para-hydroxylation sites is 1. The number of hydrogen-bond donors (Lipinski definition) is 1. The summed E-state index contributed by atoms with van der Waals surface area (Å²) in [5.74, 6) is -3.52. The lowest BCUT2D eigenvalue weighted by atomic mass is 9.85. The van der Waals surface area contributed by atoms with Gasteiger partial charge in [-0.1, -0.05) is 51.1 Å². The van der Waals surface area contributed by atoms with Gasteiger partial charge in [0.25, 0.3) is 0 Å². The second kappa shape index (κ2) is 9.14. The zero-order chi connectivity index (χ0) is 26.3. The van der Waals surface area contributed by atoms with Gasteiger partial charge in [0.1, 0.15) is 11.5 Å². The van der Waals surface area contributed by atoms with Crippen LogP contribution in [0.1, 0.15) is 48.0 Å². The number of ketones is 1. The first-order valence-corrected chi connectivity index (χ1v) is 12.0. The number of fused-ring (bicyclic) bond motifs is 3. The first-order valence-electron chi connectivity index (χ1n) is 12.0. The summed E-state index contributed by atoms with van der Waals surface area (Å²) < 4.78 is 15.0. The molecule has 0 aliphatic heterocycles. The number of nitriles is 1. The Hall–Kier alpha value is -4.57. The molecule has 37 heavy (non-hydrogen) atoms. The van der Waals surface area contributed by atoms with Crippen LogP contribution in [0.2, 0.25) is 0 Å². The third-order valence-corrected chi connectivity index (χ3v) is 6.58. The summed E-state index contributed by atoms with van der Waals surface area (Å²) >= 11 is 0. The van der Waals surface area contributed by atoms with Crippen molar-refractivity contribution in [3.63, 3.8) is 0 Å². The van der Waals surface area contributed by atoms with Gasteiger partial charge in [0.2, 0.25) is 11.7 Å². The Kier molecular flexibility index (Phi) is 5.96. The molecule has 0 saturated carbocycles. The van der Waals surface area contributed by atoms with Crippen LogP contribution in [0.5, 0.6) is 0 Å². The number of aromatic nitrogens is 2. The number of Topliss-reactive ketones (excluding diaryl/α,β-unsaturated/α-hetero) is 1. The van der Waals surface area contributed by atoms with Crippen LogP contribution in [0, 0.1) is 23.1 Å². The van der Waals surface area contributed by atoms with E-state index >= 15 is 0 Å². The molecule has 1 atom stereocenters. The Morgan fingerprint density at radius 1 is 1.05 bits per heavy atom. The monoisotopic (exact) mass is 492 g/mol. The van der Waals surface area contributed by atoms with Crippen molar-refractivity contribution in [3.8, 4) is 23.0 Å². The number of carbonyl (C=O) groups excluding carboxylic acids is 2. The van der Waals surface area contributed by atoms with Crippen molar-refractivity contribution in [2.45, 2.75) is 32.6 Å². The molecule has 1 N–H and O–H groups in total. The molecule has 1 aliphatic carbocycles. The average molecular weight is 493 g/mol. The van der Waals surface area contributed by atoms with E-state index in [-0.39, 0.29) is 11.1 Å². The van der Waals surface area contributed by atoms with Crippen LogP contribution in [0.15, 0.2) is 72.8 Å². The smallest absolute Gasteiger partial charge is 0.249 e. The molecule has 0 spiro atoms. The van der Waals surface area contributed by atoms with Crippen molar-refractivity contribution in [1.29, 1.82) is 5.26 Å². The Labute approximate surface area is 214 Å². The van der Waals surface area contributed by atoms with E-state index in [9.17, 15) is 19.2 Å². The van der Waals surface area contributed by atoms with Crippen LogP contribution in [0.3, 0.4) is 0 Å². The molecule has 1 unspecified atom stereocenters. The fourth-order valence-corrected chi connectivity index (χ4v) is 4.58. The molecule has 7 heteroatoms. The summed E-state index contributed by atoms with van der Waals surface area (Å²) in [4.78, 5) is 26.5. The third kappa shape index (κ3) is 4.43. The van der Waals surface area contributed by atoms with Gasteiger partial charge in [0.15, 0.2) is 5.92 Å². The van der Waals surface area contributed by atoms with Gasteiger partial charge in [-0.15, -0.1) is 0 Å². The van der Waals surface area contributed by atoms with Crippen molar-refractivity contribution >= 4 is 17.4 Å². The zero-order valence-corrected chi connectivity index (χ0v) is 20.7. The van der Waals surface area contributed by atoms with Crippen LogP contribution >= 0.6 is 0 Å². The number of carbonyl (C=O) groups is 2. The number of amides is 1. The molecular formula is C30H25FN4O2. The van der Waals surface area contributed by atoms with Gasteiger partial charge in [-0.2, -0.15) is 10.4 Å². The Balaban J connectivity index is 1.58. The fraction of sp³-hybridized carbons (Fsp3) is 0.200. The van der Waals surface area contributed by atoms with E-state index in [1.165, 1.54) is 24.3 Å². The van der Waals surface area contributed by atoms with Gasteiger partial charge in [0, 0.05) is 23.2 Å². The molecule has 6 nitrogen and oxygen atoms in total. The normalized spacial score (nSPS) is 12.8. The molecule has 4 aromatic rings. The van der Waals surface area contributed by atoms with Gasteiger partial charge in [0.05, 0.1) is 17.5 Å². The molecular weight excluding hydrogens is 467 g/mol. The van der Waals surface area contributed by atoms with Gasteiger partial charge in [-0.3, -0.25) is 9.59 Å². The van der Waals surface area contributed by atoms with Crippen LogP contribution in [0.4, 0.5) is 10.1 Å². The van der Waals surface area contributed by atoms with E-state index in [1.807, 2.05) is 36.4 Å². The molecule has 184 valence electrons. The predicted octanol–water partition coefficient (Wildman–Crippen LogP) is 5.84. The Morgan fingerprint density at radius 2 is 1.76 bits per heavy atom. The molecule has 5 rings (SSSR count). The maximum absolute atomic E-state index is 13.6. The minimum Gasteiger partial charge on any atom is -0.325 e. The van der Waals surface area contributed by atoms with E-state index in [2.05, 4.69) is 49.4 Å². The molecule has 3 aromatic carbocycles. The average Bonchev–Trinajstić information content (AvgIpc) is 3.43. The highest BCUT2D eigenvalue weighted by Gasteiger charge is 2.37. The predicted molar refractivity (Wildman–Crippen MR) is 139 cm³/mol. The highest BCUT2D eigenvalue weighted by Crippen LogP contribution is 2.42. The van der Waals surface area contributed by atoms with Crippen molar-refractivity contribution in [3.05, 3.63) is 101 Å². The van der Waals surface area contributed by atoms with Crippen molar-refractivity contribution in [2.24, 2.45) is 5.92 Å². The number of anilines is 1. The fourth-order valence-electron chi connectivity index (χ4n) is 4.58. The number of rotatable bonds is 5. The maximum atomic E-state index is 13.6. The maximum Gasteiger partial charge on any atom is 0.249 e. The molecule has 0 saturated heterocycles. The number of hydrogen-bond acceptors (Lipinski definition) is 4. The minimum atomic E-state index is -1.61. The topological polar surface area (TPSA) is 87.8 Å². The van der Waals surface area contributed by atoms with E-state index in [4.69, 9.17) is 0 Å². The minimum absolute atomic E-state index is 0.0711. The first-order chi connectivity index (χ1) is 17.7. The van der Waals surface area contributed by atoms with Gasteiger partial charge >= 0.3 is 0 Å². The lowest BCUT2D eigenvalue weighted by Crippen LogP contribution is -2.29. The van der Waals surface area contributed by atoms with Crippen molar-refractivity contribution in [2.75, 3.05) is 5.32 Å². The second-order valence-electron chi connectivity index (χ2n) is 10.1. The summed E-state index contributed by atoms with van der Waals surface area (Å²) in [7, 11) is 0.